The number of nitrogens with zero attached hydrogens (tertiary/aromatic N) is 1. The van der Waals surface area contributed by atoms with Gasteiger partial charge in [0.15, 0.2) is 5.66 Å². The third kappa shape index (κ3) is 10.6. The minimum Gasteiger partial charge on any atom is -0.480 e. The molecule has 0 bridgehead atoms. The molecule has 10 nitrogen and oxygen atoms in total. The van der Waals surface area contributed by atoms with Crippen LogP contribution >= 0.6 is 0 Å². The second-order valence-electron chi connectivity index (χ2n) is 10.9. The number of nitrogens with one attached hydrogen (secondary N) is 3. The lowest BCUT2D eigenvalue weighted by Crippen LogP contribution is -2.71. The first-order chi connectivity index (χ1) is 19.7. The summed E-state index contributed by atoms with van der Waals surface area (Å²) in [4.78, 5) is 54.5. The number of ether oxygens (including phenoxy) is 1. The molecule has 10 heteroatoms. The summed E-state index contributed by atoms with van der Waals surface area (Å²) in [6, 6.07) is 17.5. The van der Waals surface area contributed by atoms with Gasteiger partial charge in [-0.2, -0.15) is 0 Å². The molecule has 0 radical (unpaired) electrons. The molecule has 2 aromatic rings. The Kier molecular flexibility index (Phi) is 12.3. The van der Waals surface area contributed by atoms with Crippen LogP contribution in [-0.2, 0) is 36.8 Å². The Balaban J connectivity index is 1.81. The molecular formula is C31H42N4O6. The normalized spacial score (nSPS) is 15.9. The summed E-state index contributed by atoms with van der Waals surface area (Å²) in [5, 5.41) is 18.1. The van der Waals surface area contributed by atoms with Crippen molar-refractivity contribution < 1.29 is 29.0 Å². The van der Waals surface area contributed by atoms with Crippen LogP contribution in [-0.4, -0.2) is 78.3 Å². The summed E-state index contributed by atoms with van der Waals surface area (Å²) in [5.74, 6) is -2.94. The van der Waals surface area contributed by atoms with Gasteiger partial charge in [-0.3, -0.25) is 19.3 Å². The van der Waals surface area contributed by atoms with E-state index >= 15 is 0 Å². The van der Waals surface area contributed by atoms with Gasteiger partial charge in [0.2, 0.25) is 11.8 Å². The van der Waals surface area contributed by atoms with Crippen molar-refractivity contribution in [2.24, 2.45) is 5.92 Å². The van der Waals surface area contributed by atoms with E-state index in [1.165, 1.54) is 0 Å². The lowest BCUT2D eigenvalue weighted by molar-refractivity contribution is -0.145. The Morgan fingerprint density at radius 1 is 0.902 bits per heavy atom. The molecule has 222 valence electrons. The first-order valence-electron chi connectivity index (χ1n) is 14.2. The third-order valence-corrected chi connectivity index (χ3v) is 6.88. The van der Waals surface area contributed by atoms with E-state index in [1.807, 2.05) is 55.1 Å². The zero-order valence-electron chi connectivity index (χ0n) is 23.9. The van der Waals surface area contributed by atoms with E-state index in [2.05, 4.69) is 16.0 Å². The van der Waals surface area contributed by atoms with Crippen LogP contribution in [0.4, 0.5) is 0 Å². The van der Waals surface area contributed by atoms with Crippen molar-refractivity contribution in [3.8, 4) is 0 Å². The SMILES string of the molecule is CC(C)C[C@@](NC(=O)CCCc1ccccc1)(NC(=O)CN1CCOCC1)C(=O)N[C@@H](Cc1ccccc1)C(=O)O. The van der Waals surface area contributed by atoms with Gasteiger partial charge in [0.1, 0.15) is 6.04 Å². The van der Waals surface area contributed by atoms with Crippen molar-refractivity contribution in [3.05, 3.63) is 71.8 Å². The number of carbonyl (C=O) groups is 4. The van der Waals surface area contributed by atoms with Crippen molar-refractivity contribution in [1.29, 1.82) is 0 Å². The van der Waals surface area contributed by atoms with E-state index in [-0.39, 0.29) is 31.7 Å². The minimum atomic E-state index is -1.83. The molecule has 2 aromatic carbocycles. The minimum absolute atomic E-state index is 0.0206. The summed E-state index contributed by atoms with van der Waals surface area (Å²) in [7, 11) is 0. The molecule has 4 N–H and O–H groups in total. The maximum atomic E-state index is 13.9. The molecule has 1 heterocycles. The zero-order chi connectivity index (χ0) is 29.7. The largest absolute Gasteiger partial charge is 0.480 e. The molecule has 1 aliphatic rings. The fraction of sp³-hybridized carbons (Fsp3) is 0.484. The van der Waals surface area contributed by atoms with Crippen molar-refractivity contribution >= 4 is 23.7 Å². The predicted molar refractivity (Wildman–Crippen MR) is 155 cm³/mol. The Morgan fingerprint density at radius 3 is 2.07 bits per heavy atom. The van der Waals surface area contributed by atoms with Gasteiger partial charge in [-0.1, -0.05) is 74.5 Å². The Hall–Kier alpha value is -3.76. The highest BCUT2D eigenvalue weighted by Gasteiger charge is 2.43. The fourth-order valence-corrected chi connectivity index (χ4v) is 4.92. The quantitative estimate of drug-likeness (QED) is 0.243. The van der Waals surface area contributed by atoms with Crippen LogP contribution in [0.2, 0.25) is 0 Å². The molecule has 0 unspecified atom stereocenters. The van der Waals surface area contributed by atoms with E-state index in [1.54, 1.807) is 24.3 Å². The summed E-state index contributed by atoms with van der Waals surface area (Å²) in [6.07, 6.45) is 1.48. The number of hydrogen-bond donors (Lipinski definition) is 4. The van der Waals surface area contributed by atoms with E-state index in [9.17, 15) is 24.3 Å². The molecule has 1 saturated heterocycles. The summed E-state index contributed by atoms with van der Waals surface area (Å²) >= 11 is 0. The molecular weight excluding hydrogens is 524 g/mol. The number of benzene rings is 2. The van der Waals surface area contributed by atoms with Crippen LogP contribution in [0.25, 0.3) is 0 Å². The van der Waals surface area contributed by atoms with Crippen LogP contribution in [0, 0.1) is 5.92 Å². The third-order valence-electron chi connectivity index (χ3n) is 6.88. The number of carboxylic acid groups (broad SMARTS) is 1. The van der Waals surface area contributed by atoms with Crippen LogP contribution in [0.5, 0.6) is 0 Å². The van der Waals surface area contributed by atoms with Crippen molar-refractivity contribution in [2.75, 3.05) is 32.8 Å². The average molecular weight is 567 g/mol. The Morgan fingerprint density at radius 2 is 1.49 bits per heavy atom. The molecule has 0 aliphatic carbocycles. The second kappa shape index (κ2) is 15.9. The summed E-state index contributed by atoms with van der Waals surface area (Å²) < 4.78 is 5.36. The molecule has 1 fully saturated rings. The molecule has 2 atom stereocenters. The predicted octanol–water partition coefficient (Wildman–Crippen LogP) is 2.13. The maximum absolute atomic E-state index is 13.9. The molecule has 0 spiro atoms. The van der Waals surface area contributed by atoms with Gasteiger partial charge < -0.3 is 25.8 Å². The molecule has 3 rings (SSSR count). The number of carbonyl (C=O) groups excluding carboxylic acids is 3. The first kappa shape index (κ1) is 31.8. The monoisotopic (exact) mass is 566 g/mol. The van der Waals surface area contributed by atoms with Gasteiger partial charge in [-0.05, 0) is 29.9 Å². The van der Waals surface area contributed by atoms with Gasteiger partial charge >= 0.3 is 5.97 Å². The molecule has 0 saturated carbocycles. The van der Waals surface area contributed by atoms with Crippen molar-refractivity contribution in [2.45, 2.75) is 57.7 Å². The van der Waals surface area contributed by atoms with Crippen LogP contribution in [0.3, 0.4) is 0 Å². The summed E-state index contributed by atoms with van der Waals surface area (Å²) in [6.45, 7) is 5.91. The van der Waals surface area contributed by atoms with Gasteiger partial charge in [0.25, 0.3) is 5.91 Å². The lowest BCUT2D eigenvalue weighted by Gasteiger charge is -2.37. The number of hydrogen-bond acceptors (Lipinski definition) is 6. The molecule has 1 aliphatic heterocycles. The van der Waals surface area contributed by atoms with Crippen LogP contribution in [0.1, 0.15) is 44.2 Å². The van der Waals surface area contributed by atoms with E-state index in [4.69, 9.17) is 4.74 Å². The number of aryl methyl sites for hydroxylation is 1. The highest BCUT2D eigenvalue weighted by Crippen LogP contribution is 2.18. The van der Waals surface area contributed by atoms with Crippen molar-refractivity contribution in [3.63, 3.8) is 0 Å². The zero-order valence-corrected chi connectivity index (χ0v) is 23.9. The number of amides is 3. The number of carboxylic acids is 1. The highest BCUT2D eigenvalue weighted by molar-refractivity contribution is 5.97. The van der Waals surface area contributed by atoms with E-state index in [0.29, 0.717) is 39.1 Å². The number of morpholine rings is 1. The van der Waals surface area contributed by atoms with Crippen molar-refractivity contribution in [1.82, 2.24) is 20.9 Å². The van der Waals surface area contributed by atoms with Gasteiger partial charge in [0.05, 0.1) is 19.8 Å². The van der Waals surface area contributed by atoms with E-state index < -0.39 is 35.4 Å². The lowest BCUT2D eigenvalue weighted by atomic mass is 9.94. The van der Waals surface area contributed by atoms with Gasteiger partial charge in [-0.25, -0.2) is 4.79 Å². The fourth-order valence-electron chi connectivity index (χ4n) is 4.92. The molecule has 0 aromatic heterocycles. The topological polar surface area (TPSA) is 137 Å². The summed E-state index contributed by atoms with van der Waals surface area (Å²) in [5.41, 5.74) is -0.00219. The second-order valence-corrected chi connectivity index (χ2v) is 10.9. The Bertz CT molecular complexity index is 1140. The maximum Gasteiger partial charge on any atom is 0.326 e. The first-order valence-corrected chi connectivity index (χ1v) is 14.2. The standard InChI is InChI=1S/C31H42N4O6/c1-23(2)21-31(34-28(37)22-35-16-18-41-19-17-35,33-27(36)15-9-14-24-10-5-3-6-11-24)30(40)32-26(29(38)39)20-25-12-7-4-8-13-25/h3-8,10-13,23,26H,9,14-22H2,1-2H3,(H,32,40)(H,33,36)(H,34,37)(H,38,39)/t26-,31+/m0/s1. The highest BCUT2D eigenvalue weighted by atomic mass is 16.5. The average Bonchev–Trinajstić information content (AvgIpc) is 2.93. The number of rotatable bonds is 15. The van der Waals surface area contributed by atoms with E-state index in [0.717, 1.165) is 11.1 Å². The smallest absolute Gasteiger partial charge is 0.326 e. The van der Waals surface area contributed by atoms with Crippen LogP contribution in [0.15, 0.2) is 60.7 Å². The molecule has 41 heavy (non-hydrogen) atoms. The van der Waals surface area contributed by atoms with Gasteiger partial charge in [-0.15, -0.1) is 0 Å². The Labute approximate surface area is 241 Å². The van der Waals surface area contributed by atoms with Gasteiger partial charge in [0, 0.05) is 32.4 Å². The number of aliphatic carboxylic acids is 1. The molecule has 3 amide bonds. The van der Waals surface area contributed by atoms with Crippen LogP contribution < -0.4 is 16.0 Å².